The summed E-state index contributed by atoms with van der Waals surface area (Å²) in [6.07, 6.45) is 0. The van der Waals surface area contributed by atoms with Gasteiger partial charge in [0.15, 0.2) is 0 Å². The van der Waals surface area contributed by atoms with Crippen LogP contribution < -0.4 is 5.73 Å². The van der Waals surface area contributed by atoms with Crippen LogP contribution in [0.2, 0.25) is 0 Å². The van der Waals surface area contributed by atoms with Gasteiger partial charge in [-0.15, -0.1) is 0 Å². The van der Waals surface area contributed by atoms with Crippen LogP contribution in [0.25, 0.3) is 0 Å². The predicted molar refractivity (Wildman–Crippen MR) is 61.1 cm³/mol. The molecule has 2 N–H and O–H groups in total. The van der Waals surface area contributed by atoms with Crippen molar-refractivity contribution in [2.75, 3.05) is 19.6 Å². The number of benzene rings is 1. The maximum Gasteiger partial charge on any atom is 0.126 e. The number of hydrogen-bond acceptors (Lipinski definition) is 2. The Morgan fingerprint density at radius 2 is 1.62 bits per heavy atom. The highest BCUT2D eigenvalue weighted by Crippen LogP contribution is 2.21. The molecule has 0 aliphatic heterocycles. The lowest BCUT2D eigenvalue weighted by Gasteiger charge is -2.28. The number of nitrogens with zero attached hydrogens (tertiary/aromatic N) is 1. The molecule has 0 aliphatic rings. The van der Waals surface area contributed by atoms with Gasteiger partial charge in [0.05, 0.1) is 0 Å². The van der Waals surface area contributed by atoms with E-state index < -0.39 is 11.6 Å². The van der Waals surface area contributed by atoms with Gasteiger partial charge in [0.25, 0.3) is 0 Å². The van der Waals surface area contributed by atoms with E-state index in [4.69, 9.17) is 5.73 Å². The second-order valence-electron chi connectivity index (χ2n) is 3.68. The van der Waals surface area contributed by atoms with Crippen LogP contribution >= 0.6 is 0 Å². The Bertz CT molecular complexity index is 318. The average Bonchev–Trinajstić information content (AvgIpc) is 2.24. The predicted octanol–water partition coefficient (Wildman–Crippen LogP) is 2.31. The Hall–Kier alpha value is -1.00. The summed E-state index contributed by atoms with van der Waals surface area (Å²) in [4.78, 5) is 2.08. The Labute approximate surface area is 95.1 Å². The summed E-state index contributed by atoms with van der Waals surface area (Å²) in [6, 6.07) is 3.44. The molecular formula is C12H18F2N2. The molecule has 1 atom stereocenters. The van der Waals surface area contributed by atoms with Crippen molar-refractivity contribution < 1.29 is 8.78 Å². The molecule has 0 bridgehead atoms. The number of nitrogens with two attached hydrogens (primary N) is 1. The topological polar surface area (TPSA) is 29.3 Å². The molecule has 0 saturated carbocycles. The average molecular weight is 228 g/mol. The van der Waals surface area contributed by atoms with E-state index >= 15 is 0 Å². The van der Waals surface area contributed by atoms with E-state index in [2.05, 4.69) is 4.90 Å². The zero-order valence-electron chi connectivity index (χ0n) is 9.71. The quantitative estimate of drug-likeness (QED) is 0.838. The van der Waals surface area contributed by atoms with Gasteiger partial charge in [-0.05, 0) is 30.8 Å². The first kappa shape index (κ1) is 13.1. The van der Waals surface area contributed by atoms with Gasteiger partial charge in [-0.1, -0.05) is 13.8 Å². The van der Waals surface area contributed by atoms with E-state index in [1.54, 1.807) is 0 Å². The highest BCUT2D eigenvalue weighted by molar-refractivity contribution is 5.22. The lowest BCUT2D eigenvalue weighted by molar-refractivity contribution is 0.223. The molecule has 1 unspecified atom stereocenters. The van der Waals surface area contributed by atoms with Gasteiger partial charge in [-0.25, -0.2) is 8.78 Å². The third-order valence-electron chi connectivity index (χ3n) is 2.75. The van der Waals surface area contributed by atoms with Crippen molar-refractivity contribution in [2.45, 2.75) is 19.9 Å². The monoisotopic (exact) mass is 228 g/mol. The fourth-order valence-electron chi connectivity index (χ4n) is 1.93. The molecule has 1 aromatic carbocycles. The highest BCUT2D eigenvalue weighted by Gasteiger charge is 2.17. The summed E-state index contributed by atoms with van der Waals surface area (Å²) in [6.45, 7) is 5.96. The first-order valence-corrected chi connectivity index (χ1v) is 5.52. The zero-order valence-corrected chi connectivity index (χ0v) is 9.71. The Kier molecular flexibility index (Phi) is 4.83. The van der Waals surface area contributed by atoms with Crippen molar-refractivity contribution in [1.29, 1.82) is 0 Å². The minimum atomic E-state index is -0.555. The Morgan fingerprint density at radius 3 is 2.00 bits per heavy atom. The van der Waals surface area contributed by atoms with Crippen molar-refractivity contribution in [3.8, 4) is 0 Å². The number of hydrogen-bond donors (Lipinski definition) is 1. The Morgan fingerprint density at radius 1 is 1.12 bits per heavy atom. The molecule has 90 valence electrons. The molecule has 0 spiro atoms. The fourth-order valence-corrected chi connectivity index (χ4v) is 1.93. The normalized spacial score (nSPS) is 13.1. The molecule has 0 aliphatic carbocycles. The molecule has 1 aromatic rings. The van der Waals surface area contributed by atoms with Crippen LogP contribution in [0.4, 0.5) is 8.78 Å². The molecule has 4 heteroatoms. The van der Waals surface area contributed by atoms with Crippen LogP contribution in [-0.2, 0) is 0 Å². The fraction of sp³-hybridized carbons (Fsp3) is 0.500. The molecule has 0 fully saturated rings. The second-order valence-corrected chi connectivity index (χ2v) is 3.68. The molecule has 0 saturated heterocycles. The van der Waals surface area contributed by atoms with Gasteiger partial charge in [0.1, 0.15) is 11.6 Å². The molecule has 1 rings (SSSR count). The molecule has 16 heavy (non-hydrogen) atoms. The van der Waals surface area contributed by atoms with Gasteiger partial charge >= 0.3 is 0 Å². The lowest BCUT2D eigenvalue weighted by atomic mass is 10.0. The molecule has 0 radical (unpaired) electrons. The van der Waals surface area contributed by atoms with Crippen LogP contribution in [0.3, 0.4) is 0 Å². The number of likely N-dealkylation sites (N-methyl/N-ethyl adjacent to an activating group) is 1. The van der Waals surface area contributed by atoms with Gasteiger partial charge in [-0.2, -0.15) is 0 Å². The third-order valence-corrected chi connectivity index (χ3v) is 2.75. The van der Waals surface area contributed by atoms with E-state index in [0.717, 1.165) is 19.2 Å². The molecule has 2 nitrogen and oxygen atoms in total. The maximum absolute atomic E-state index is 13.1. The van der Waals surface area contributed by atoms with E-state index in [-0.39, 0.29) is 6.04 Å². The smallest absolute Gasteiger partial charge is 0.126 e. The number of rotatable bonds is 5. The summed E-state index contributed by atoms with van der Waals surface area (Å²) in [5, 5.41) is 0. The van der Waals surface area contributed by atoms with Crippen LogP contribution in [0.15, 0.2) is 18.2 Å². The summed E-state index contributed by atoms with van der Waals surface area (Å²) in [5.74, 6) is -1.11. The van der Waals surface area contributed by atoms with Crippen molar-refractivity contribution in [2.24, 2.45) is 5.73 Å². The van der Waals surface area contributed by atoms with Crippen LogP contribution in [0.1, 0.15) is 25.5 Å². The summed E-state index contributed by atoms with van der Waals surface area (Å²) >= 11 is 0. The first-order valence-electron chi connectivity index (χ1n) is 5.52. The van der Waals surface area contributed by atoms with E-state index in [1.807, 2.05) is 13.8 Å². The van der Waals surface area contributed by atoms with Crippen molar-refractivity contribution in [3.05, 3.63) is 35.4 Å². The second kappa shape index (κ2) is 5.92. The molecule has 0 amide bonds. The minimum absolute atomic E-state index is 0.125. The SMILES string of the molecule is CCN(CC)C(CN)c1cc(F)cc(F)c1. The third kappa shape index (κ3) is 3.00. The van der Waals surface area contributed by atoms with Crippen LogP contribution in [0.5, 0.6) is 0 Å². The first-order chi connectivity index (χ1) is 7.62. The lowest BCUT2D eigenvalue weighted by Crippen LogP contribution is -2.33. The molecule has 0 heterocycles. The van der Waals surface area contributed by atoms with Gasteiger partial charge in [0, 0.05) is 18.7 Å². The van der Waals surface area contributed by atoms with E-state index in [9.17, 15) is 8.78 Å². The van der Waals surface area contributed by atoms with E-state index in [0.29, 0.717) is 12.1 Å². The van der Waals surface area contributed by atoms with Crippen LogP contribution in [-0.4, -0.2) is 24.5 Å². The summed E-state index contributed by atoms with van der Waals surface area (Å²) < 4.78 is 26.2. The summed E-state index contributed by atoms with van der Waals surface area (Å²) in [7, 11) is 0. The minimum Gasteiger partial charge on any atom is -0.329 e. The highest BCUT2D eigenvalue weighted by atomic mass is 19.1. The van der Waals surface area contributed by atoms with Gasteiger partial charge < -0.3 is 5.73 Å². The van der Waals surface area contributed by atoms with Crippen molar-refractivity contribution >= 4 is 0 Å². The van der Waals surface area contributed by atoms with Crippen molar-refractivity contribution in [3.63, 3.8) is 0 Å². The van der Waals surface area contributed by atoms with Gasteiger partial charge in [0.2, 0.25) is 0 Å². The maximum atomic E-state index is 13.1. The molecular weight excluding hydrogens is 210 g/mol. The number of halogens is 2. The standard InChI is InChI=1S/C12H18F2N2/c1-3-16(4-2)12(8-15)9-5-10(13)7-11(14)6-9/h5-7,12H,3-4,8,15H2,1-2H3. The van der Waals surface area contributed by atoms with Crippen molar-refractivity contribution in [1.82, 2.24) is 4.90 Å². The van der Waals surface area contributed by atoms with Gasteiger partial charge in [-0.3, -0.25) is 4.90 Å². The molecule has 0 aromatic heterocycles. The summed E-state index contributed by atoms with van der Waals surface area (Å²) in [5.41, 5.74) is 6.27. The zero-order chi connectivity index (χ0) is 12.1. The van der Waals surface area contributed by atoms with E-state index in [1.165, 1.54) is 12.1 Å². The Balaban J connectivity index is 3.02. The largest absolute Gasteiger partial charge is 0.329 e. The van der Waals surface area contributed by atoms with Crippen LogP contribution in [0, 0.1) is 11.6 Å².